The van der Waals surface area contributed by atoms with E-state index in [4.69, 9.17) is 5.84 Å². The van der Waals surface area contributed by atoms with Crippen molar-refractivity contribution in [2.75, 3.05) is 0 Å². The van der Waals surface area contributed by atoms with E-state index in [-0.39, 0.29) is 11.9 Å². The molecule has 2 unspecified atom stereocenters. The first-order chi connectivity index (χ1) is 9.13. The first-order valence-electron chi connectivity index (χ1n) is 7.35. The van der Waals surface area contributed by atoms with Crippen molar-refractivity contribution in [1.82, 2.24) is 5.43 Å². The first kappa shape index (κ1) is 16.1. The summed E-state index contributed by atoms with van der Waals surface area (Å²) >= 11 is 0. The van der Waals surface area contributed by atoms with Gasteiger partial charge in [0.2, 0.25) is 0 Å². The molecular weight excluding hydrogens is 239 g/mol. The molecule has 108 valence electrons. The molecule has 0 saturated carbocycles. The van der Waals surface area contributed by atoms with Crippen LogP contribution in [0.3, 0.4) is 0 Å². The molecule has 3 N–H and O–H groups in total. The van der Waals surface area contributed by atoms with Crippen LogP contribution in [0.4, 0.5) is 4.39 Å². The van der Waals surface area contributed by atoms with Crippen LogP contribution in [0.15, 0.2) is 18.2 Å². The van der Waals surface area contributed by atoms with Crippen LogP contribution in [0, 0.1) is 18.7 Å². The summed E-state index contributed by atoms with van der Waals surface area (Å²) in [6, 6.07) is 5.42. The SMILES string of the molecule is CCCCC(CC)CC(NN)c1cccc(C)c1F. The largest absolute Gasteiger partial charge is 0.271 e. The highest BCUT2D eigenvalue weighted by Crippen LogP contribution is 2.28. The summed E-state index contributed by atoms with van der Waals surface area (Å²) in [5.41, 5.74) is 4.16. The van der Waals surface area contributed by atoms with Gasteiger partial charge < -0.3 is 0 Å². The molecule has 1 aromatic carbocycles. The monoisotopic (exact) mass is 266 g/mol. The van der Waals surface area contributed by atoms with E-state index >= 15 is 0 Å². The van der Waals surface area contributed by atoms with Gasteiger partial charge in [0.05, 0.1) is 0 Å². The molecule has 0 fully saturated rings. The molecule has 0 heterocycles. The van der Waals surface area contributed by atoms with Crippen molar-refractivity contribution < 1.29 is 4.39 Å². The van der Waals surface area contributed by atoms with E-state index in [1.807, 2.05) is 12.1 Å². The normalized spacial score (nSPS) is 14.4. The molecule has 19 heavy (non-hydrogen) atoms. The predicted molar refractivity (Wildman–Crippen MR) is 79.1 cm³/mol. The number of aryl methyl sites for hydroxylation is 1. The van der Waals surface area contributed by atoms with E-state index < -0.39 is 0 Å². The molecule has 3 heteroatoms. The third-order valence-corrected chi connectivity index (χ3v) is 3.91. The van der Waals surface area contributed by atoms with Gasteiger partial charge in [0.1, 0.15) is 5.82 Å². The number of hydrogen-bond acceptors (Lipinski definition) is 2. The lowest BCUT2D eigenvalue weighted by Gasteiger charge is -2.23. The fraction of sp³-hybridized carbons (Fsp3) is 0.625. The topological polar surface area (TPSA) is 38.0 Å². The van der Waals surface area contributed by atoms with Crippen LogP contribution in [0.1, 0.15) is 63.1 Å². The van der Waals surface area contributed by atoms with Crippen molar-refractivity contribution in [2.24, 2.45) is 11.8 Å². The number of hydrogen-bond donors (Lipinski definition) is 2. The minimum absolute atomic E-state index is 0.0956. The highest BCUT2D eigenvalue weighted by Gasteiger charge is 2.19. The summed E-state index contributed by atoms with van der Waals surface area (Å²) in [7, 11) is 0. The third-order valence-electron chi connectivity index (χ3n) is 3.91. The molecule has 0 radical (unpaired) electrons. The second kappa shape index (κ2) is 8.28. The van der Waals surface area contributed by atoms with E-state index in [0.29, 0.717) is 17.0 Å². The second-order valence-corrected chi connectivity index (χ2v) is 5.35. The number of nitrogens with one attached hydrogen (secondary N) is 1. The van der Waals surface area contributed by atoms with E-state index in [0.717, 1.165) is 12.8 Å². The van der Waals surface area contributed by atoms with Crippen LogP contribution in [-0.4, -0.2) is 0 Å². The molecular formula is C16H27FN2. The summed E-state index contributed by atoms with van der Waals surface area (Å²) < 4.78 is 14.1. The highest BCUT2D eigenvalue weighted by molar-refractivity contribution is 5.27. The van der Waals surface area contributed by atoms with Crippen molar-refractivity contribution in [3.63, 3.8) is 0 Å². The number of nitrogens with two attached hydrogens (primary N) is 1. The Bertz CT molecular complexity index is 379. The Kier molecular flexibility index (Phi) is 7.03. The van der Waals surface area contributed by atoms with Gasteiger partial charge in [0.15, 0.2) is 0 Å². The molecule has 0 bridgehead atoms. The smallest absolute Gasteiger partial charge is 0.130 e. The first-order valence-corrected chi connectivity index (χ1v) is 7.35. The van der Waals surface area contributed by atoms with Gasteiger partial charge >= 0.3 is 0 Å². The molecule has 1 rings (SSSR count). The van der Waals surface area contributed by atoms with Crippen LogP contribution in [0.2, 0.25) is 0 Å². The Hall–Kier alpha value is -0.930. The fourth-order valence-electron chi connectivity index (χ4n) is 2.54. The maximum atomic E-state index is 14.1. The Morgan fingerprint density at radius 3 is 2.63 bits per heavy atom. The number of benzene rings is 1. The van der Waals surface area contributed by atoms with Crippen LogP contribution in [0.25, 0.3) is 0 Å². The lowest BCUT2D eigenvalue weighted by Crippen LogP contribution is -2.30. The quantitative estimate of drug-likeness (QED) is 0.545. The lowest BCUT2D eigenvalue weighted by atomic mass is 9.89. The van der Waals surface area contributed by atoms with Crippen molar-refractivity contribution in [1.29, 1.82) is 0 Å². The van der Waals surface area contributed by atoms with E-state index in [1.54, 1.807) is 13.0 Å². The zero-order chi connectivity index (χ0) is 14.3. The maximum Gasteiger partial charge on any atom is 0.130 e. The Morgan fingerprint density at radius 1 is 1.32 bits per heavy atom. The number of unbranched alkanes of at least 4 members (excludes halogenated alkanes) is 1. The summed E-state index contributed by atoms with van der Waals surface area (Å²) in [5, 5.41) is 0. The average Bonchev–Trinajstić information content (AvgIpc) is 2.43. The standard InChI is InChI=1S/C16H27FN2/c1-4-6-9-13(5-2)11-15(19-18)14-10-7-8-12(3)16(14)17/h7-8,10,13,15,19H,4-6,9,11,18H2,1-3H3. The Balaban J connectivity index is 2.79. The molecule has 2 nitrogen and oxygen atoms in total. The van der Waals surface area contributed by atoms with Crippen LogP contribution in [0.5, 0.6) is 0 Å². The average molecular weight is 266 g/mol. The lowest BCUT2D eigenvalue weighted by molar-refractivity contribution is 0.350. The van der Waals surface area contributed by atoms with Crippen LogP contribution >= 0.6 is 0 Å². The van der Waals surface area contributed by atoms with Crippen molar-refractivity contribution in [3.05, 3.63) is 35.1 Å². The molecule has 0 saturated heterocycles. The van der Waals surface area contributed by atoms with Crippen LogP contribution in [-0.2, 0) is 0 Å². The van der Waals surface area contributed by atoms with Gasteiger partial charge in [0.25, 0.3) is 0 Å². The zero-order valence-electron chi connectivity index (χ0n) is 12.4. The van der Waals surface area contributed by atoms with E-state index in [2.05, 4.69) is 19.3 Å². The molecule has 0 aliphatic heterocycles. The minimum atomic E-state index is -0.129. The van der Waals surface area contributed by atoms with Crippen molar-refractivity contribution >= 4 is 0 Å². The van der Waals surface area contributed by atoms with Crippen molar-refractivity contribution in [2.45, 2.75) is 58.9 Å². The Labute approximate surface area is 116 Å². The summed E-state index contributed by atoms with van der Waals surface area (Å²) in [5.74, 6) is 6.11. The second-order valence-electron chi connectivity index (χ2n) is 5.35. The number of rotatable bonds is 8. The van der Waals surface area contributed by atoms with Crippen molar-refractivity contribution in [3.8, 4) is 0 Å². The van der Waals surface area contributed by atoms with Gasteiger partial charge in [-0.05, 0) is 24.8 Å². The molecule has 0 amide bonds. The Morgan fingerprint density at radius 2 is 2.05 bits per heavy atom. The third kappa shape index (κ3) is 4.59. The molecule has 0 aliphatic carbocycles. The van der Waals surface area contributed by atoms with Gasteiger partial charge in [0, 0.05) is 11.6 Å². The summed E-state index contributed by atoms with van der Waals surface area (Å²) in [6.07, 6.45) is 5.64. The van der Waals surface area contributed by atoms with Crippen LogP contribution < -0.4 is 11.3 Å². The molecule has 1 aromatic rings. The molecule has 0 spiro atoms. The van der Waals surface area contributed by atoms with Gasteiger partial charge in [-0.1, -0.05) is 57.7 Å². The predicted octanol–water partition coefficient (Wildman–Crippen LogP) is 4.25. The molecule has 2 atom stereocenters. The minimum Gasteiger partial charge on any atom is -0.271 e. The maximum absolute atomic E-state index is 14.1. The number of hydrazine groups is 1. The van der Waals surface area contributed by atoms with Gasteiger partial charge in [-0.25, -0.2) is 4.39 Å². The van der Waals surface area contributed by atoms with Gasteiger partial charge in [-0.3, -0.25) is 11.3 Å². The molecule has 0 aromatic heterocycles. The number of halogens is 1. The van der Waals surface area contributed by atoms with E-state index in [1.165, 1.54) is 19.3 Å². The fourth-order valence-corrected chi connectivity index (χ4v) is 2.54. The van der Waals surface area contributed by atoms with Gasteiger partial charge in [-0.15, -0.1) is 0 Å². The summed E-state index contributed by atoms with van der Waals surface area (Å²) in [4.78, 5) is 0. The zero-order valence-corrected chi connectivity index (χ0v) is 12.4. The van der Waals surface area contributed by atoms with Gasteiger partial charge in [-0.2, -0.15) is 0 Å². The molecule has 0 aliphatic rings. The highest BCUT2D eigenvalue weighted by atomic mass is 19.1. The van der Waals surface area contributed by atoms with E-state index in [9.17, 15) is 4.39 Å². The summed E-state index contributed by atoms with van der Waals surface area (Å²) in [6.45, 7) is 6.19.